The lowest BCUT2D eigenvalue weighted by molar-refractivity contribution is -0.115. The Labute approximate surface area is 158 Å². The number of benzene rings is 2. The summed E-state index contributed by atoms with van der Waals surface area (Å²) in [5, 5.41) is 6.86. The summed E-state index contributed by atoms with van der Waals surface area (Å²) in [5.74, 6) is 0.740. The molecule has 7 nitrogen and oxygen atoms in total. The minimum Gasteiger partial charge on any atom is -0.355 e. The second-order valence-corrected chi connectivity index (χ2v) is 6.42. The summed E-state index contributed by atoms with van der Waals surface area (Å²) in [6.07, 6.45) is 0. The number of hydrogen-bond donors (Lipinski definition) is 2. The first-order valence-corrected chi connectivity index (χ1v) is 8.73. The number of aryl methyl sites for hydroxylation is 2. The molecule has 140 valence electrons. The molecule has 0 bridgehead atoms. The molecule has 0 saturated carbocycles. The molecule has 1 aromatic heterocycles. The van der Waals surface area contributed by atoms with Crippen LogP contribution in [0.2, 0.25) is 0 Å². The van der Waals surface area contributed by atoms with E-state index in [4.69, 9.17) is 10.3 Å². The highest BCUT2D eigenvalue weighted by molar-refractivity contribution is 5.94. The van der Waals surface area contributed by atoms with Gasteiger partial charge in [0.15, 0.2) is 5.82 Å². The van der Waals surface area contributed by atoms with E-state index in [1.807, 2.05) is 61.2 Å². The van der Waals surface area contributed by atoms with Gasteiger partial charge in [0.2, 0.25) is 11.8 Å². The molecule has 0 atom stereocenters. The van der Waals surface area contributed by atoms with Crippen LogP contribution in [-0.4, -0.2) is 22.6 Å². The van der Waals surface area contributed by atoms with E-state index in [9.17, 15) is 4.79 Å². The molecule has 7 heteroatoms. The number of nitrogens with two attached hydrogens (primary N) is 1. The van der Waals surface area contributed by atoms with Gasteiger partial charge in [-0.2, -0.15) is 4.98 Å². The third-order valence-electron chi connectivity index (χ3n) is 3.98. The smallest absolute Gasteiger partial charge is 0.243 e. The van der Waals surface area contributed by atoms with Gasteiger partial charge in [-0.1, -0.05) is 29.4 Å². The first kappa shape index (κ1) is 18.6. The number of aromatic nitrogens is 2. The summed E-state index contributed by atoms with van der Waals surface area (Å²) in [5.41, 5.74) is 9.46. The lowest BCUT2D eigenvalue weighted by atomic mass is 10.1. The molecule has 27 heavy (non-hydrogen) atoms. The fourth-order valence-corrected chi connectivity index (χ4v) is 2.88. The highest BCUT2D eigenvalue weighted by Gasteiger charge is 2.16. The van der Waals surface area contributed by atoms with Gasteiger partial charge in [-0.05, 0) is 49.2 Å². The fraction of sp³-hybridized carbons (Fsp3) is 0.250. The SMILES string of the molecule is Cc1cc(C)cc(N(CC(=O)Nc2ccccc2)Cc2noc(CN)n2)c1. The van der Waals surface area contributed by atoms with Crippen LogP contribution in [0.1, 0.15) is 22.8 Å². The number of rotatable bonds is 7. The first-order chi connectivity index (χ1) is 13.0. The Hall–Kier alpha value is -3.19. The molecule has 0 radical (unpaired) electrons. The molecule has 3 N–H and O–H groups in total. The molecule has 0 unspecified atom stereocenters. The summed E-state index contributed by atoms with van der Waals surface area (Å²) in [6.45, 7) is 4.74. The molecular formula is C20H23N5O2. The van der Waals surface area contributed by atoms with E-state index in [2.05, 4.69) is 21.5 Å². The van der Waals surface area contributed by atoms with Crippen LogP contribution in [-0.2, 0) is 17.9 Å². The number of nitrogens with zero attached hydrogens (tertiary/aromatic N) is 3. The third kappa shape index (κ3) is 5.15. The van der Waals surface area contributed by atoms with Gasteiger partial charge in [0.25, 0.3) is 0 Å². The van der Waals surface area contributed by atoms with E-state index < -0.39 is 0 Å². The Balaban J connectivity index is 1.81. The van der Waals surface area contributed by atoms with Crippen molar-refractivity contribution in [2.75, 3.05) is 16.8 Å². The van der Waals surface area contributed by atoms with Crippen LogP contribution in [0.25, 0.3) is 0 Å². The summed E-state index contributed by atoms with van der Waals surface area (Å²) < 4.78 is 5.09. The van der Waals surface area contributed by atoms with Crippen LogP contribution in [0, 0.1) is 13.8 Å². The van der Waals surface area contributed by atoms with Gasteiger partial charge in [0.05, 0.1) is 19.6 Å². The predicted molar refractivity (Wildman–Crippen MR) is 104 cm³/mol. The number of para-hydroxylation sites is 1. The molecule has 0 aliphatic carbocycles. The van der Waals surface area contributed by atoms with Gasteiger partial charge in [0, 0.05) is 11.4 Å². The van der Waals surface area contributed by atoms with Gasteiger partial charge >= 0.3 is 0 Å². The van der Waals surface area contributed by atoms with Crippen LogP contribution in [0.4, 0.5) is 11.4 Å². The van der Waals surface area contributed by atoms with Crippen LogP contribution >= 0.6 is 0 Å². The van der Waals surface area contributed by atoms with Gasteiger partial charge in [-0.25, -0.2) is 0 Å². The highest BCUT2D eigenvalue weighted by Crippen LogP contribution is 2.20. The van der Waals surface area contributed by atoms with Crippen molar-refractivity contribution in [2.45, 2.75) is 26.9 Å². The van der Waals surface area contributed by atoms with E-state index in [1.165, 1.54) is 0 Å². The molecular weight excluding hydrogens is 342 g/mol. The minimum atomic E-state index is -0.122. The molecule has 0 saturated heterocycles. The third-order valence-corrected chi connectivity index (χ3v) is 3.98. The number of carbonyl (C=O) groups is 1. The highest BCUT2D eigenvalue weighted by atomic mass is 16.5. The van der Waals surface area contributed by atoms with Crippen molar-refractivity contribution in [1.82, 2.24) is 10.1 Å². The summed E-state index contributed by atoms with van der Waals surface area (Å²) >= 11 is 0. The number of hydrogen-bond acceptors (Lipinski definition) is 6. The van der Waals surface area contributed by atoms with E-state index in [-0.39, 0.29) is 19.0 Å². The Morgan fingerprint density at radius 3 is 2.48 bits per heavy atom. The van der Waals surface area contributed by atoms with Crippen LogP contribution < -0.4 is 16.0 Å². The maximum atomic E-state index is 12.6. The Bertz CT molecular complexity index is 887. The molecule has 1 amide bonds. The number of nitrogens with one attached hydrogen (secondary N) is 1. The van der Waals surface area contributed by atoms with Crippen LogP contribution in [0.3, 0.4) is 0 Å². The molecule has 0 aliphatic rings. The topological polar surface area (TPSA) is 97.3 Å². The van der Waals surface area contributed by atoms with Gasteiger partial charge in [0.1, 0.15) is 0 Å². The fourth-order valence-electron chi connectivity index (χ4n) is 2.88. The molecule has 2 aromatic carbocycles. The monoisotopic (exact) mass is 365 g/mol. The Morgan fingerprint density at radius 1 is 1.15 bits per heavy atom. The van der Waals surface area contributed by atoms with E-state index in [0.717, 1.165) is 22.5 Å². The zero-order valence-electron chi connectivity index (χ0n) is 15.5. The zero-order chi connectivity index (χ0) is 19.2. The summed E-state index contributed by atoms with van der Waals surface area (Å²) in [4.78, 5) is 18.8. The summed E-state index contributed by atoms with van der Waals surface area (Å²) in [7, 11) is 0. The molecule has 0 aliphatic heterocycles. The molecule has 0 spiro atoms. The van der Waals surface area contributed by atoms with Gasteiger partial charge < -0.3 is 20.5 Å². The van der Waals surface area contributed by atoms with Crippen molar-refractivity contribution in [3.05, 3.63) is 71.4 Å². The Kier molecular flexibility index (Phi) is 5.83. The second-order valence-electron chi connectivity index (χ2n) is 6.42. The zero-order valence-corrected chi connectivity index (χ0v) is 15.5. The average Bonchev–Trinajstić information content (AvgIpc) is 3.09. The van der Waals surface area contributed by atoms with Crippen molar-refractivity contribution in [1.29, 1.82) is 0 Å². The van der Waals surface area contributed by atoms with Gasteiger partial charge in [-0.3, -0.25) is 4.79 Å². The van der Waals surface area contributed by atoms with Crippen molar-refractivity contribution in [3.63, 3.8) is 0 Å². The normalized spacial score (nSPS) is 10.6. The molecule has 3 rings (SSSR count). The standard InChI is InChI=1S/C20H23N5O2/c1-14-8-15(2)10-17(9-14)25(12-18-23-20(11-21)27-24-18)13-19(26)22-16-6-4-3-5-7-16/h3-10H,11-13,21H2,1-2H3,(H,22,26). The van der Waals surface area contributed by atoms with E-state index in [0.29, 0.717) is 18.3 Å². The number of amides is 1. The minimum absolute atomic E-state index is 0.122. The van der Waals surface area contributed by atoms with Gasteiger partial charge in [-0.15, -0.1) is 0 Å². The average molecular weight is 365 g/mol. The lowest BCUT2D eigenvalue weighted by Crippen LogP contribution is -2.33. The second kappa shape index (κ2) is 8.46. The van der Waals surface area contributed by atoms with Crippen molar-refractivity contribution in [2.24, 2.45) is 5.73 Å². The van der Waals surface area contributed by atoms with Crippen molar-refractivity contribution >= 4 is 17.3 Å². The van der Waals surface area contributed by atoms with Crippen molar-refractivity contribution < 1.29 is 9.32 Å². The maximum Gasteiger partial charge on any atom is 0.243 e. The van der Waals surface area contributed by atoms with E-state index >= 15 is 0 Å². The predicted octanol–water partition coefficient (Wildman–Crippen LogP) is 2.79. The largest absolute Gasteiger partial charge is 0.355 e. The Morgan fingerprint density at radius 2 is 1.85 bits per heavy atom. The quantitative estimate of drug-likeness (QED) is 0.668. The first-order valence-electron chi connectivity index (χ1n) is 8.73. The van der Waals surface area contributed by atoms with E-state index in [1.54, 1.807) is 0 Å². The maximum absolute atomic E-state index is 12.6. The summed E-state index contributed by atoms with van der Waals surface area (Å²) in [6, 6.07) is 15.5. The molecule has 0 fully saturated rings. The lowest BCUT2D eigenvalue weighted by Gasteiger charge is -2.23. The van der Waals surface area contributed by atoms with Crippen LogP contribution in [0.15, 0.2) is 53.1 Å². The number of carbonyl (C=O) groups excluding carboxylic acids is 1. The molecule has 1 heterocycles. The van der Waals surface area contributed by atoms with Crippen LogP contribution in [0.5, 0.6) is 0 Å². The molecule has 3 aromatic rings. The van der Waals surface area contributed by atoms with Crippen molar-refractivity contribution in [3.8, 4) is 0 Å². The number of anilines is 2.